The molecule has 6 heteroatoms. The highest BCUT2D eigenvalue weighted by Gasteiger charge is 2.21. The summed E-state index contributed by atoms with van der Waals surface area (Å²) in [5, 5.41) is 2.62. The van der Waals surface area contributed by atoms with E-state index in [-0.39, 0.29) is 6.61 Å². The Morgan fingerprint density at radius 2 is 1.59 bits per heavy atom. The van der Waals surface area contributed by atoms with Gasteiger partial charge in [-0.05, 0) is 43.2 Å². The van der Waals surface area contributed by atoms with Gasteiger partial charge in [0, 0.05) is 5.69 Å². The minimum Gasteiger partial charge on any atom is -0.462 e. The van der Waals surface area contributed by atoms with Crippen LogP contribution in [-0.4, -0.2) is 31.1 Å². The zero-order valence-corrected chi connectivity index (χ0v) is 15.4. The van der Waals surface area contributed by atoms with Crippen LogP contribution in [-0.2, 0) is 19.1 Å². The second kappa shape index (κ2) is 10.1. The topological polar surface area (TPSA) is 81.7 Å². The molecule has 27 heavy (non-hydrogen) atoms. The summed E-state index contributed by atoms with van der Waals surface area (Å²) in [5.74, 6) is -1.70. The molecule has 1 amide bonds. The van der Waals surface area contributed by atoms with Crippen LogP contribution in [0.5, 0.6) is 0 Å². The minimum absolute atomic E-state index is 0.296. The van der Waals surface area contributed by atoms with Crippen LogP contribution in [0, 0.1) is 0 Å². The second-order valence-corrected chi connectivity index (χ2v) is 5.83. The Kier molecular flexibility index (Phi) is 7.55. The Labute approximate surface area is 158 Å². The highest BCUT2D eigenvalue weighted by molar-refractivity contribution is 5.94. The average Bonchev–Trinajstić information content (AvgIpc) is 2.68. The van der Waals surface area contributed by atoms with Gasteiger partial charge in [-0.2, -0.15) is 0 Å². The molecule has 0 saturated heterocycles. The summed E-state index contributed by atoms with van der Waals surface area (Å²) in [4.78, 5) is 35.9. The molecule has 6 nitrogen and oxygen atoms in total. The Balaban J connectivity index is 1.86. The molecule has 0 spiro atoms. The summed E-state index contributed by atoms with van der Waals surface area (Å²) in [6.45, 7) is 3.55. The lowest BCUT2D eigenvalue weighted by molar-refractivity contribution is -0.149. The molecule has 2 aromatic carbocycles. The van der Waals surface area contributed by atoms with Crippen molar-refractivity contribution in [2.24, 2.45) is 0 Å². The van der Waals surface area contributed by atoms with Gasteiger partial charge in [0.15, 0.2) is 6.61 Å². The summed E-state index contributed by atoms with van der Waals surface area (Å²) in [6.07, 6.45) is 0.583. The van der Waals surface area contributed by atoms with Crippen molar-refractivity contribution in [2.45, 2.75) is 26.2 Å². The fraction of sp³-hybridized carbons (Fsp3) is 0.286. The van der Waals surface area contributed by atoms with Crippen LogP contribution in [0.2, 0.25) is 0 Å². The van der Waals surface area contributed by atoms with Crippen LogP contribution >= 0.6 is 0 Å². The van der Waals surface area contributed by atoms with E-state index in [0.29, 0.717) is 24.3 Å². The molecule has 1 unspecified atom stereocenters. The summed E-state index contributed by atoms with van der Waals surface area (Å²) >= 11 is 0. The predicted octanol–water partition coefficient (Wildman–Crippen LogP) is 3.54. The largest absolute Gasteiger partial charge is 0.462 e. The summed E-state index contributed by atoms with van der Waals surface area (Å²) in [5.41, 5.74) is 1.76. The van der Waals surface area contributed by atoms with Crippen LogP contribution in [0.15, 0.2) is 54.6 Å². The fourth-order valence-electron chi connectivity index (χ4n) is 2.56. The third kappa shape index (κ3) is 5.95. The van der Waals surface area contributed by atoms with Crippen molar-refractivity contribution in [2.75, 3.05) is 18.5 Å². The van der Waals surface area contributed by atoms with E-state index in [1.807, 2.05) is 37.3 Å². The van der Waals surface area contributed by atoms with Crippen molar-refractivity contribution in [3.8, 4) is 0 Å². The number of hydrogen-bond acceptors (Lipinski definition) is 5. The minimum atomic E-state index is -0.449. The summed E-state index contributed by atoms with van der Waals surface area (Å²) in [7, 11) is 0. The molecule has 0 saturated carbocycles. The van der Waals surface area contributed by atoms with Gasteiger partial charge in [0.05, 0.1) is 18.1 Å². The van der Waals surface area contributed by atoms with Crippen LogP contribution in [0.1, 0.15) is 42.1 Å². The summed E-state index contributed by atoms with van der Waals surface area (Å²) in [6, 6.07) is 15.6. The van der Waals surface area contributed by atoms with Crippen molar-refractivity contribution >= 4 is 23.5 Å². The van der Waals surface area contributed by atoms with Crippen molar-refractivity contribution in [3.05, 3.63) is 65.7 Å². The van der Waals surface area contributed by atoms with Gasteiger partial charge in [0.2, 0.25) is 0 Å². The van der Waals surface area contributed by atoms with Crippen molar-refractivity contribution in [3.63, 3.8) is 0 Å². The Morgan fingerprint density at radius 3 is 2.19 bits per heavy atom. The predicted molar refractivity (Wildman–Crippen MR) is 101 cm³/mol. The SMILES string of the molecule is CCOC(=O)c1ccc(NC(=O)COC(=O)C(CC)c2ccccc2)cc1. The molecule has 2 rings (SSSR count). The zero-order chi connectivity index (χ0) is 19.6. The van der Waals surface area contributed by atoms with Crippen LogP contribution in [0.25, 0.3) is 0 Å². The quantitative estimate of drug-likeness (QED) is 0.720. The molecular weight excluding hydrogens is 346 g/mol. The molecule has 2 aromatic rings. The van der Waals surface area contributed by atoms with Gasteiger partial charge in [-0.1, -0.05) is 37.3 Å². The number of anilines is 1. The Morgan fingerprint density at radius 1 is 0.926 bits per heavy atom. The number of benzene rings is 2. The number of amides is 1. The van der Waals surface area contributed by atoms with Crippen molar-refractivity contribution < 1.29 is 23.9 Å². The number of carbonyl (C=O) groups excluding carboxylic acids is 3. The molecule has 0 aliphatic rings. The van der Waals surface area contributed by atoms with Gasteiger partial charge in [-0.3, -0.25) is 9.59 Å². The lowest BCUT2D eigenvalue weighted by Crippen LogP contribution is -2.23. The molecule has 0 aliphatic heterocycles. The van der Waals surface area contributed by atoms with Gasteiger partial charge >= 0.3 is 11.9 Å². The van der Waals surface area contributed by atoms with Crippen molar-refractivity contribution in [1.29, 1.82) is 0 Å². The number of esters is 2. The maximum absolute atomic E-state index is 12.3. The van der Waals surface area contributed by atoms with Gasteiger partial charge in [-0.15, -0.1) is 0 Å². The molecule has 0 radical (unpaired) electrons. The molecular formula is C21H23NO5. The lowest BCUT2D eigenvalue weighted by Gasteiger charge is -2.14. The molecule has 0 heterocycles. The number of rotatable bonds is 8. The highest BCUT2D eigenvalue weighted by Crippen LogP contribution is 2.20. The first-order chi connectivity index (χ1) is 13.0. The fourth-order valence-corrected chi connectivity index (χ4v) is 2.56. The monoisotopic (exact) mass is 369 g/mol. The maximum Gasteiger partial charge on any atom is 0.338 e. The molecule has 1 atom stereocenters. The van der Waals surface area contributed by atoms with E-state index >= 15 is 0 Å². The van der Waals surface area contributed by atoms with Crippen LogP contribution in [0.4, 0.5) is 5.69 Å². The van der Waals surface area contributed by atoms with E-state index in [9.17, 15) is 14.4 Å². The molecule has 142 valence electrons. The lowest BCUT2D eigenvalue weighted by atomic mass is 9.97. The second-order valence-electron chi connectivity index (χ2n) is 5.83. The van der Waals surface area contributed by atoms with E-state index in [2.05, 4.69) is 5.32 Å². The van der Waals surface area contributed by atoms with Gasteiger partial charge in [0.1, 0.15) is 0 Å². The zero-order valence-electron chi connectivity index (χ0n) is 15.4. The number of hydrogen-bond donors (Lipinski definition) is 1. The summed E-state index contributed by atoms with van der Waals surface area (Å²) < 4.78 is 10.1. The number of carbonyl (C=O) groups is 3. The number of nitrogens with one attached hydrogen (secondary N) is 1. The molecule has 1 N–H and O–H groups in total. The first kappa shape index (κ1) is 20.2. The van der Waals surface area contributed by atoms with Crippen LogP contribution < -0.4 is 5.32 Å². The molecule has 0 fully saturated rings. The van der Waals surface area contributed by atoms with Gasteiger partial charge in [-0.25, -0.2) is 4.79 Å². The van der Waals surface area contributed by atoms with Crippen LogP contribution in [0.3, 0.4) is 0 Å². The molecule has 0 aromatic heterocycles. The first-order valence-corrected chi connectivity index (χ1v) is 8.83. The Bertz CT molecular complexity index is 771. The Hall–Kier alpha value is -3.15. The van der Waals surface area contributed by atoms with E-state index in [0.717, 1.165) is 5.56 Å². The standard InChI is InChI=1S/C21H23NO5/c1-3-18(15-8-6-5-7-9-15)21(25)27-14-19(23)22-17-12-10-16(11-13-17)20(24)26-4-2/h5-13,18H,3-4,14H2,1-2H3,(H,22,23). The third-order valence-electron chi connectivity index (χ3n) is 3.92. The normalized spacial score (nSPS) is 11.3. The smallest absolute Gasteiger partial charge is 0.338 e. The van der Waals surface area contributed by atoms with Gasteiger partial charge in [0.25, 0.3) is 5.91 Å². The first-order valence-electron chi connectivity index (χ1n) is 8.83. The third-order valence-corrected chi connectivity index (χ3v) is 3.92. The van der Waals surface area contributed by atoms with Crippen molar-refractivity contribution in [1.82, 2.24) is 0 Å². The molecule has 0 bridgehead atoms. The highest BCUT2D eigenvalue weighted by atomic mass is 16.5. The van der Waals surface area contributed by atoms with E-state index in [1.165, 1.54) is 0 Å². The maximum atomic E-state index is 12.3. The van der Waals surface area contributed by atoms with E-state index < -0.39 is 23.8 Å². The molecule has 0 aliphatic carbocycles. The van der Waals surface area contributed by atoms with Gasteiger partial charge < -0.3 is 14.8 Å². The van der Waals surface area contributed by atoms with E-state index in [4.69, 9.17) is 9.47 Å². The number of ether oxygens (including phenoxy) is 2. The van der Waals surface area contributed by atoms with E-state index in [1.54, 1.807) is 31.2 Å². The average molecular weight is 369 g/mol.